The Morgan fingerprint density at radius 2 is 0.622 bits per heavy atom. The fraction of sp³-hybridized carbons (Fsp3) is 0.0323. The lowest BCUT2D eigenvalue weighted by Gasteiger charge is -1.99. The third kappa shape index (κ3) is 7.97. The number of hydrogen-bond acceptors (Lipinski definition) is 6. The molecule has 0 aliphatic rings. The number of rotatable bonds is 3. The predicted molar refractivity (Wildman–Crippen MR) is 147 cm³/mol. The topological polar surface area (TPSA) is 77.3 Å². The molecule has 0 aromatic carbocycles. The highest BCUT2D eigenvalue weighted by Crippen LogP contribution is 2.14. The van der Waals surface area contributed by atoms with E-state index >= 15 is 0 Å². The van der Waals surface area contributed by atoms with Crippen molar-refractivity contribution in [3.63, 3.8) is 0 Å². The van der Waals surface area contributed by atoms with Crippen LogP contribution in [0.5, 0.6) is 0 Å². The van der Waals surface area contributed by atoms with Gasteiger partial charge in [0.25, 0.3) is 0 Å². The summed E-state index contributed by atoms with van der Waals surface area (Å²) < 4.78 is 0. The molecule has 6 heterocycles. The summed E-state index contributed by atoms with van der Waals surface area (Å²) in [5.41, 5.74) is 6.72. The van der Waals surface area contributed by atoms with Crippen molar-refractivity contribution in [1.29, 1.82) is 0 Å². The Morgan fingerprint density at radius 3 is 0.892 bits per heavy atom. The summed E-state index contributed by atoms with van der Waals surface area (Å²) in [7, 11) is 0. The maximum atomic E-state index is 4.25. The van der Waals surface area contributed by atoms with Gasteiger partial charge in [0, 0.05) is 37.2 Å². The number of hydrogen-bond donors (Lipinski definition) is 0. The molecule has 6 nitrogen and oxygen atoms in total. The molecule has 0 fully saturated rings. The van der Waals surface area contributed by atoms with Gasteiger partial charge in [-0.2, -0.15) is 0 Å². The third-order valence-corrected chi connectivity index (χ3v) is 5.03. The molecule has 6 heteroatoms. The molecule has 6 aromatic rings. The second-order valence-electron chi connectivity index (χ2n) is 7.79. The van der Waals surface area contributed by atoms with E-state index < -0.39 is 0 Å². The van der Waals surface area contributed by atoms with Crippen LogP contribution >= 0.6 is 0 Å². The monoisotopic (exact) mass is 482 g/mol. The molecule has 6 aromatic heterocycles. The van der Waals surface area contributed by atoms with Gasteiger partial charge in [-0.25, -0.2) is 0 Å². The molecule has 0 amide bonds. The molecular formula is C31H26N6. The predicted octanol–water partition coefficient (Wildman–Crippen LogP) is 6.74. The van der Waals surface area contributed by atoms with Crippen LogP contribution < -0.4 is 0 Å². The minimum absolute atomic E-state index is 0.915. The van der Waals surface area contributed by atoms with Gasteiger partial charge in [0.1, 0.15) is 0 Å². The molecule has 0 N–H and O–H groups in total. The Morgan fingerprint density at radius 1 is 0.324 bits per heavy atom. The van der Waals surface area contributed by atoms with Crippen LogP contribution in [0, 0.1) is 6.92 Å². The van der Waals surface area contributed by atoms with Gasteiger partial charge < -0.3 is 0 Å². The van der Waals surface area contributed by atoms with E-state index in [0.29, 0.717) is 0 Å². The lowest BCUT2D eigenvalue weighted by molar-refractivity contribution is 1.23. The van der Waals surface area contributed by atoms with Crippen molar-refractivity contribution in [2.45, 2.75) is 6.92 Å². The molecule has 0 saturated carbocycles. The normalized spacial score (nSPS) is 9.76. The number of pyridine rings is 6. The Bertz CT molecular complexity index is 1300. The highest BCUT2D eigenvalue weighted by Gasteiger charge is 1.98. The molecule has 180 valence electrons. The van der Waals surface area contributed by atoms with Gasteiger partial charge in [-0.3, -0.25) is 29.9 Å². The van der Waals surface area contributed by atoms with Crippen LogP contribution in [-0.2, 0) is 0 Å². The fourth-order valence-electron chi connectivity index (χ4n) is 3.25. The first-order chi connectivity index (χ1) is 18.3. The summed E-state index contributed by atoms with van der Waals surface area (Å²) in [5.74, 6) is 0. The summed E-state index contributed by atoms with van der Waals surface area (Å²) in [4.78, 5) is 25.2. The molecule has 6 rings (SSSR count). The fourth-order valence-corrected chi connectivity index (χ4v) is 3.25. The van der Waals surface area contributed by atoms with Crippen LogP contribution in [0.15, 0.2) is 140 Å². The van der Waals surface area contributed by atoms with Gasteiger partial charge in [-0.15, -0.1) is 0 Å². The maximum absolute atomic E-state index is 4.25. The third-order valence-electron chi connectivity index (χ3n) is 5.03. The first kappa shape index (κ1) is 25.0. The van der Waals surface area contributed by atoms with Crippen LogP contribution in [0.25, 0.3) is 34.2 Å². The second kappa shape index (κ2) is 13.7. The van der Waals surface area contributed by atoms with Crippen molar-refractivity contribution < 1.29 is 0 Å². The minimum atomic E-state index is 0.915. The van der Waals surface area contributed by atoms with Gasteiger partial charge in [-0.1, -0.05) is 30.3 Å². The average Bonchev–Trinajstić information content (AvgIpc) is 3.00. The van der Waals surface area contributed by atoms with E-state index in [1.54, 1.807) is 37.2 Å². The zero-order chi connectivity index (χ0) is 25.5. The molecule has 0 spiro atoms. The molecule has 0 radical (unpaired) electrons. The van der Waals surface area contributed by atoms with E-state index in [1.807, 2.05) is 110 Å². The van der Waals surface area contributed by atoms with Crippen molar-refractivity contribution >= 4 is 0 Å². The Balaban J connectivity index is 0.000000130. The first-order valence-corrected chi connectivity index (χ1v) is 11.8. The highest BCUT2D eigenvalue weighted by atomic mass is 14.8. The van der Waals surface area contributed by atoms with Crippen LogP contribution in [0.2, 0.25) is 0 Å². The lowest BCUT2D eigenvalue weighted by atomic mass is 10.2. The van der Waals surface area contributed by atoms with Gasteiger partial charge in [-0.05, 0) is 85.3 Å². The zero-order valence-corrected chi connectivity index (χ0v) is 20.5. The molecule has 0 aliphatic carbocycles. The van der Waals surface area contributed by atoms with E-state index in [1.165, 1.54) is 5.56 Å². The minimum Gasteiger partial charge on any atom is -0.255 e. The van der Waals surface area contributed by atoms with E-state index in [-0.39, 0.29) is 0 Å². The first-order valence-electron chi connectivity index (χ1n) is 11.8. The van der Waals surface area contributed by atoms with E-state index in [0.717, 1.165) is 34.2 Å². The van der Waals surface area contributed by atoms with Crippen molar-refractivity contribution in [1.82, 2.24) is 29.9 Å². The van der Waals surface area contributed by atoms with Crippen molar-refractivity contribution in [2.75, 3.05) is 0 Å². The van der Waals surface area contributed by atoms with Crippen LogP contribution in [0.1, 0.15) is 5.56 Å². The SMILES string of the molecule is Cc1ccnc(-c2ccccn2)c1.c1ccc(-c2ccccn2)nc1.c1ccc(-c2ccccn2)nc1. The van der Waals surface area contributed by atoms with Crippen LogP contribution in [0.3, 0.4) is 0 Å². The number of aryl methyl sites for hydroxylation is 1. The lowest BCUT2D eigenvalue weighted by Crippen LogP contribution is -1.86. The molecule has 0 atom stereocenters. The molecule has 0 aliphatic heterocycles. The zero-order valence-electron chi connectivity index (χ0n) is 20.5. The average molecular weight is 483 g/mol. The quantitative estimate of drug-likeness (QED) is 0.278. The summed E-state index contributed by atoms with van der Waals surface area (Å²) >= 11 is 0. The van der Waals surface area contributed by atoms with Crippen LogP contribution in [-0.4, -0.2) is 29.9 Å². The van der Waals surface area contributed by atoms with Gasteiger partial charge in [0.15, 0.2) is 0 Å². The van der Waals surface area contributed by atoms with Crippen molar-refractivity contribution in [3.05, 3.63) is 146 Å². The molecule has 37 heavy (non-hydrogen) atoms. The number of nitrogens with zero attached hydrogens (tertiary/aromatic N) is 6. The smallest absolute Gasteiger partial charge is 0.0888 e. The maximum Gasteiger partial charge on any atom is 0.0888 e. The van der Waals surface area contributed by atoms with Gasteiger partial charge in [0.2, 0.25) is 0 Å². The molecule has 0 bridgehead atoms. The summed E-state index contributed by atoms with van der Waals surface area (Å²) in [5, 5.41) is 0. The highest BCUT2D eigenvalue weighted by molar-refractivity contribution is 5.54. The Hall–Kier alpha value is -5.10. The molecule has 0 saturated heterocycles. The summed E-state index contributed by atoms with van der Waals surface area (Å²) in [6, 6.07) is 33.0. The van der Waals surface area contributed by atoms with Crippen molar-refractivity contribution in [3.8, 4) is 34.2 Å². The van der Waals surface area contributed by atoms with Gasteiger partial charge in [0.05, 0.1) is 34.2 Å². The standard InChI is InChI=1S/C11H10N2.2C10H8N2/c1-9-5-7-13-11(8-9)10-4-2-3-6-12-10;2*1-3-7-11-9(5-1)10-6-2-4-8-12-10/h2-8H,1H3;2*1-8H. The largest absolute Gasteiger partial charge is 0.255 e. The second-order valence-corrected chi connectivity index (χ2v) is 7.79. The van der Waals surface area contributed by atoms with E-state index in [9.17, 15) is 0 Å². The molecular weight excluding hydrogens is 456 g/mol. The summed E-state index contributed by atoms with van der Waals surface area (Å²) in [6.45, 7) is 2.05. The Kier molecular flexibility index (Phi) is 9.26. The Labute approximate surface area is 216 Å². The summed E-state index contributed by atoms with van der Waals surface area (Å²) in [6.07, 6.45) is 10.7. The van der Waals surface area contributed by atoms with Crippen LogP contribution in [0.4, 0.5) is 0 Å². The van der Waals surface area contributed by atoms with Crippen molar-refractivity contribution in [2.24, 2.45) is 0 Å². The van der Waals surface area contributed by atoms with E-state index in [4.69, 9.17) is 0 Å². The van der Waals surface area contributed by atoms with Gasteiger partial charge >= 0.3 is 0 Å². The molecule has 0 unspecified atom stereocenters. The number of aromatic nitrogens is 6. The van der Waals surface area contributed by atoms with E-state index in [2.05, 4.69) is 29.9 Å².